The molecule has 2 fully saturated rings. The number of piperidine rings is 1. The second-order valence-corrected chi connectivity index (χ2v) is 7.52. The van der Waals surface area contributed by atoms with Gasteiger partial charge in [0, 0.05) is 13.2 Å². The number of hydrogen-bond acceptors (Lipinski definition) is 6. The van der Waals surface area contributed by atoms with Gasteiger partial charge in [0.15, 0.2) is 0 Å². The number of likely N-dealkylation sites (tertiary alicyclic amines) is 1. The zero-order valence-electron chi connectivity index (χ0n) is 15.4. The highest BCUT2D eigenvalue weighted by atomic mass is 16.6. The fourth-order valence-electron chi connectivity index (χ4n) is 4.24. The zero-order valence-corrected chi connectivity index (χ0v) is 15.4. The topological polar surface area (TPSA) is 65.1 Å². The number of ether oxygens (including phenoxy) is 3. The van der Waals surface area contributed by atoms with E-state index in [2.05, 4.69) is 13.8 Å². The van der Waals surface area contributed by atoms with Crippen molar-refractivity contribution in [2.24, 2.45) is 5.41 Å². The lowest BCUT2D eigenvalue weighted by Gasteiger charge is -2.50. The molecule has 2 aliphatic heterocycles. The molecule has 2 heterocycles. The van der Waals surface area contributed by atoms with Crippen LogP contribution in [0.25, 0.3) is 0 Å². The fourth-order valence-corrected chi connectivity index (χ4v) is 4.24. The minimum Gasteiger partial charge on any atom is -0.464 e. The maximum absolute atomic E-state index is 12.4. The summed E-state index contributed by atoms with van der Waals surface area (Å²) in [5.41, 5.74) is -0.0676. The van der Waals surface area contributed by atoms with Gasteiger partial charge in [0.2, 0.25) is 6.04 Å². The van der Waals surface area contributed by atoms with E-state index in [1.165, 1.54) is 0 Å². The average molecular weight is 341 g/mol. The highest BCUT2D eigenvalue weighted by Crippen LogP contribution is 2.45. The lowest BCUT2D eigenvalue weighted by molar-refractivity contribution is -0.169. The molecule has 0 saturated carbocycles. The lowest BCUT2D eigenvalue weighted by atomic mass is 9.69. The van der Waals surface area contributed by atoms with Crippen molar-refractivity contribution in [2.45, 2.75) is 65.0 Å². The Morgan fingerprint density at radius 1 is 1.12 bits per heavy atom. The van der Waals surface area contributed by atoms with Gasteiger partial charge in [-0.25, -0.2) is 9.59 Å². The van der Waals surface area contributed by atoms with Crippen molar-refractivity contribution < 1.29 is 23.8 Å². The Labute approximate surface area is 144 Å². The van der Waals surface area contributed by atoms with E-state index in [0.29, 0.717) is 13.1 Å². The summed E-state index contributed by atoms with van der Waals surface area (Å²) in [4.78, 5) is 26.7. The second kappa shape index (κ2) is 7.83. The summed E-state index contributed by atoms with van der Waals surface area (Å²) in [5, 5.41) is 0. The van der Waals surface area contributed by atoms with E-state index in [0.717, 1.165) is 32.3 Å². The van der Waals surface area contributed by atoms with Crippen LogP contribution >= 0.6 is 0 Å². The van der Waals surface area contributed by atoms with Gasteiger partial charge in [-0.05, 0) is 65.3 Å². The second-order valence-electron chi connectivity index (χ2n) is 7.52. The Balaban J connectivity index is 2.17. The van der Waals surface area contributed by atoms with Crippen LogP contribution in [0.5, 0.6) is 0 Å². The van der Waals surface area contributed by atoms with E-state index in [9.17, 15) is 9.59 Å². The summed E-state index contributed by atoms with van der Waals surface area (Å²) in [6.07, 6.45) is 3.97. The molecule has 2 saturated heterocycles. The van der Waals surface area contributed by atoms with Crippen LogP contribution in [-0.4, -0.2) is 61.4 Å². The van der Waals surface area contributed by atoms with Crippen LogP contribution in [0.2, 0.25) is 0 Å². The summed E-state index contributed by atoms with van der Waals surface area (Å²) >= 11 is 0. The summed E-state index contributed by atoms with van der Waals surface area (Å²) in [6, 6.07) is -0.951. The standard InChI is InChI=1S/C18H31NO5/c1-5-22-15(20)14(16(21)23-6-2)19-10-7-8-18(13-19)9-11-24-17(3,4)12-18/h14H,5-13H2,1-4H3/t18-/m1/s1. The number of esters is 2. The summed E-state index contributed by atoms with van der Waals surface area (Å²) in [6.45, 7) is 10.4. The van der Waals surface area contributed by atoms with Gasteiger partial charge in [-0.1, -0.05) is 0 Å². The molecule has 0 radical (unpaired) electrons. The van der Waals surface area contributed by atoms with Gasteiger partial charge in [-0.2, -0.15) is 0 Å². The van der Waals surface area contributed by atoms with Crippen LogP contribution in [0, 0.1) is 5.41 Å². The summed E-state index contributed by atoms with van der Waals surface area (Å²) in [7, 11) is 0. The summed E-state index contributed by atoms with van der Waals surface area (Å²) < 4.78 is 16.1. The molecule has 0 N–H and O–H groups in total. The number of hydrogen-bond donors (Lipinski definition) is 0. The lowest BCUT2D eigenvalue weighted by Crippen LogP contribution is -2.57. The Morgan fingerprint density at radius 2 is 1.75 bits per heavy atom. The predicted molar refractivity (Wildman–Crippen MR) is 89.6 cm³/mol. The zero-order chi connectivity index (χ0) is 17.8. The minimum absolute atomic E-state index is 0.0945. The highest BCUT2D eigenvalue weighted by Gasteiger charge is 2.47. The normalized spacial score (nSPS) is 27.2. The van der Waals surface area contributed by atoms with Crippen LogP contribution in [0.3, 0.4) is 0 Å². The third kappa shape index (κ3) is 4.48. The molecule has 0 aromatic heterocycles. The minimum atomic E-state index is -0.951. The van der Waals surface area contributed by atoms with Crippen molar-refractivity contribution in [3.8, 4) is 0 Å². The van der Waals surface area contributed by atoms with Gasteiger partial charge >= 0.3 is 11.9 Å². The first-order chi connectivity index (χ1) is 11.3. The Morgan fingerprint density at radius 3 is 2.29 bits per heavy atom. The highest BCUT2D eigenvalue weighted by molar-refractivity contribution is 5.99. The molecular weight excluding hydrogens is 310 g/mol. The predicted octanol–water partition coefficient (Wildman–Crippen LogP) is 2.15. The van der Waals surface area contributed by atoms with Gasteiger partial charge in [0.05, 0.1) is 18.8 Å². The van der Waals surface area contributed by atoms with Crippen molar-refractivity contribution in [1.29, 1.82) is 0 Å². The van der Waals surface area contributed by atoms with Gasteiger partial charge in [-0.15, -0.1) is 0 Å². The molecule has 2 rings (SSSR count). The van der Waals surface area contributed by atoms with Crippen LogP contribution in [0.15, 0.2) is 0 Å². The van der Waals surface area contributed by atoms with Crippen LogP contribution in [0.1, 0.15) is 53.4 Å². The molecule has 0 aromatic carbocycles. The molecule has 138 valence electrons. The fraction of sp³-hybridized carbons (Fsp3) is 0.889. The molecular formula is C18H31NO5. The molecule has 0 aliphatic carbocycles. The molecule has 0 bridgehead atoms. The number of nitrogens with zero attached hydrogens (tertiary/aromatic N) is 1. The Hall–Kier alpha value is -1.14. The van der Waals surface area contributed by atoms with E-state index >= 15 is 0 Å². The van der Waals surface area contributed by atoms with E-state index in [1.54, 1.807) is 13.8 Å². The van der Waals surface area contributed by atoms with E-state index in [4.69, 9.17) is 14.2 Å². The van der Waals surface area contributed by atoms with Crippen molar-refractivity contribution in [3.63, 3.8) is 0 Å². The first-order valence-electron chi connectivity index (χ1n) is 9.04. The molecule has 1 atom stereocenters. The van der Waals surface area contributed by atoms with Crippen LogP contribution in [0.4, 0.5) is 0 Å². The molecule has 2 aliphatic rings. The average Bonchev–Trinajstić information content (AvgIpc) is 2.46. The van der Waals surface area contributed by atoms with Gasteiger partial charge in [0.25, 0.3) is 0 Å². The van der Waals surface area contributed by atoms with Crippen molar-refractivity contribution in [2.75, 3.05) is 32.9 Å². The van der Waals surface area contributed by atoms with E-state index in [-0.39, 0.29) is 24.2 Å². The molecule has 6 nitrogen and oxygen atoms in total. The number of carbonyl (C=O) groups excluding carboxylic acids is 2. The van der Waals surface area contributed by atoms with Crippen molar-refractivity contribution >= 4 is 11.9 Å². The maximum atomic E-state index is 12.4. The van der Waals surface area contributed by atoms with E-state index < -0.39 is 18.0 Å². The first-order valence-corrected chi connectivity index (χ1v) is 9.04. The monoisotopic (exact) mass is 341 g/mol. The molecule has 0 aromatic rings. The maximum Gasteiger partial charge on any atom is 0.335 e. The molecule has 0 amide bonds. The molecule has 0 unspecified atom stereocenters. The van der Waals surface area contributed by atoms with Crippen LogP contribution in [-0.2, 0) is 23.8 Å². The third-order valence-corrected chi connectivity index (χ3v) is 5.00. The molecule has 6 heteroatoms. The van der Waals surface area contributed by atoms with E-state index in [1.807, 2.05) is 4.90 Å². The smallest absolute Gasteiger partial charge is 0.335 e. The third-order valence-electron chi connectivity index (χ3n) is 5.00. The molecule has 24 heavy (non-hydrogen) atoms. The SMILES string of the molecule is CCOC(=O)C(C(=O)OCC)N1CCC[C@]2(CCOC(C)(C)C2)C1. The van der Waals surface area contributed by atoms with Gasteiger partial charge in [0.1, 0.15) is 0 Å². The summed E-state index contributed by atoms with van der Waals surface area (Å²) in [5.74, 6) is -1.00. The quantitative estimate of drug-likeness (QED) is 0.564. The number of carbonyl (C=O) groups is 2. The van der Waals surface area contributed by atoms with Gasteiger partial charge in [-0.3, -0.25) is 4.90 Å². The first kappa shape index (κ1) is 19.2. The van der Waals surface area contributed by atoms with Crippen molar-refractivity contribution in [3.05, 3.63) is 0 Å². The Kier molecular flexibility index (Phi) is 6.26. The Bertz CT molecular complexity index is 442. The molecule has 1 spiro atoms. The number of rotatable bonds is 5. The van der Waals surface area contributed by atoms with Crippen molar-refractivity contribution in [1.82, 2.24) is 4.90 Å². The largest absolute Gasteiger partial charge is 0.464 e. The van der Waals surface area contributed by atoms with Crippen LogP contribution < -0.4 is 0 Å². The van der Waals surface area contributed by atoms with Gasteiger partial charge < -0.3 is 14.2 Å².